The highest BCUT2D eigenvalue weighted by Crippen LogP contribution is 2.19. The second kappa shape index (κ2) is 2.97. The van der Waals surface area contributed by atoms with Gasteiger partial charge in [0, 0.05) is 12.1 Å². The summed E-state index contributed by atoms with van der Waals surface area (Å²) >= 11 is 0. The first-order valence-electron chi connectivity index (χ1n) is 3.54. The molecule has 0 saturated carbocycles. The molecule has 2 nitrogen and oxygen atoms in total. The fraction of sp³-hybridized carbons (Fsp3) is 0.857. The van der Waals surface area contributed by atoms with Crippen molar-refractivity contribution in [1.82, 2.24) is 0 Å². The predicted molar refractivity (Wildman–Crippen MR) is 37.5 cm³/mol. The van der Waals surface area contributed by atoms with Gasteiger partial charge in [0.1, 0.15) is 6.23 Å². The second-order valence-electron chi connectivity index (χ2n) is 2.49. The summed E-state index contributed by atoms with van der Waals surface area (Å²) in [6.45, 7) is 2.09. The van der Waals surface area contributed by atoms with Gasteiger partial charge < -0.3 is 5.11 Å². The molecule has 1 rings (SSSR count). The Labute approximate surface area is 55.6 Å². The molecule has 0 spiro atoms. The van der Waals surface area contributed by atoms with Crippen LogP contribution in [0.2, 0.25) is 0 Å². The maximum absolute atomic E-state index is 9.17. The van der Waals surface area contributed by atoms with E-state index in [9.17, 15) is 5.11 Å². The summed E-state index contributed by atoms with van der Waals surface area (Å²) in [5, 5.41) is 9.17. The number of hydrogen-bond donors (Lipinski definition) is 1. The van der Waals surface area contributed by atoms with Crippen LogP contribution in [0.5, 0.6) is 0 Å². The van der Waals surface area contributed by atoms with Crippen LogP contribution in [0, 0.1) is 5.92 Å². The zero-order valence-corrected chi connectivity index (χ0v) is 5.75. The van der Waals surface area contributed by atoms with E-state index in [4.69, 9.17) is 0 Å². The van der Waals surface area contributed by atoms with Crippen LogP contribution in [-0.4, -0.2) is 17.5 Å². The Bertz CT molecular complexity index is 111. The van der Waals surface area contributed by atoms with Gasteiger partial charge in [0.05, 0.1) is 0 Å². The molecule has 0 aromatic heterocycles. The van der Waals surface area contributed by atoms with Crippen molar-refractivity contribution in [3.63, 3.8) is 0 Å². The van der Waals surface area contributed by atoms with Gasteiger partial charge in [-0.15, -0.1) is 0 Å². The number of rotatable bonds is 1. The molecule has 1 N–H and O–H groups in total. The number of aliphatic imine (C=N–C) groups is 1. The lowest BCUT2D eigenvalue weighted by Crippen LogP contribution is -2.20. The average molecular weight is 127 g/mol. The van der Waals surface area contributed by atoms with Crippen LogP contribution in [0.3, 0.4) is 0 Å². The molecule has 0 bridgehead atoms. The van der Waals surface area contributed by atoms with Gasteiger partial charge in [-0.25, -0.2) is 0 Å². The monoisotopic (exact) mass is 127 g/mol. The smallest absolute Gasteiger partial charge is 0.147 e. The van der Waals surface area contributed by atoms with Gasteiger partial charge >= 0.3 is 0 Å². The van der Waals surface area contributed by atoms with Crippen molar-refractivity contribution in [1.29, 1.82) is 0 Å². The first-order valence-corrected chi connectivity index (χ1v) is 3.54. The third kappa shape index (κ3) is 1.52. The predicted octanol–water partition coefficient (Wildman–Crippen LogP) is 1.20. The highest BCUT2D eigenvalue weighted by atomic mass is 16.3. The standard InChI is InChI=1S/C7H13NO/c1-2-6-4-3-5-8-7(6)9/h5-7,9H,2-4H2,1H3. The quantitative estimate of drug-likeness (QED) is 0.564. The number of aliphatic hydroxyl groups is 1. The summed E-state index contributed by atoms with van der Waals surface area (Å²) in [6.07, 6.45) is 4.58. The van der Waals surface area contributed by atoms with Gasteiger partial charge in [0.15, 0.2) is 0 Å². The molecule has 1 heterocycles. The third-order valence-electron chi connectivity index (χ3n) is 1.87. The van der Waals surface area contributed by atoms with E-state index in [0.717, 1.165) is 19.3 Å². The summed E-state index contributed by atoms with van der Waals surface area (Å²) in [4.78, 5) is 3.91. The van der Waals surface area contributed by atoms with E-state index in [1.165, 1.54) is 0 Å². The van der Waals surface area contributed by atoms with Crippen molar-refractivity contribution in [3.05, 3.63) is 0 Å². The van der Waals surface area contributed by atoms with Crippen LogP contribution in [-0.2, 0) is 0 Å². The molecule has 1 aliphatic rings. The lowest BCUT2D eigenvalue weighted by molar-refractivity contribution is 0.104. The minimum absolute atomic E-state index is 0.412. The molecule has 0 fully saturated rings. The summed E-state index contributed by atoms with van der Waals surface area (Å²) in [6, 6.07) is 0. The fourth-order valence-electron chi connectivity index (χ4n) is 1.16. The topological polar surface area (TPSA) is 32.6 Å². The maximum Gasteiger partial charge on any atom is 0.147 e. The normalized spacial score (nSPS) is 34.9. The fourth-order valence-corrected chi connectivity index (χ4v) is 1.16. The Kier molecular flexibility index (Phi) is 2.22. The molecule has 0 radical (unpaired) electrons. The molecule has 52 valence electrons. The maximum atomic E-state index is 9.17. The Hall–Kier alpha value is -0.370. The molecule has 2 atom stereocenters. The van der Waals surface area contributed by atoms with E-state index >= 15 is 0 Å². The van der Waals surface area contributed by atoms with Crippen molar-refractivity contribution >= 4 is 6.21 Å². The first kappa shape index (κ1) is 6.75. The molecule has 0 saturated heterocycles. The first-order chi connectivity index (χ1) is 4.34. The lowest BCUT2D eigenvalue weighted by Gasteiger charge is -2.20. The van der Waals surface area contributed by atoms with Crippen LogP contribution in [0.25, 0.3) is 0 Å². The van der Waals surface area contributed by atoms with Crippen LogP contribution < -0.4 is 0 Å². The highest BCUT2D eigenvalue weighted by Gasteiger charge is 2.17. The van der Waals surface area contributed by atoms with Crippen molar-refractivity contribution in [2.24, 2.45) is 10.9 Å². The molecule has 1 aliphatic heterocycles. The summed E-state index contributed by atoms with van der Waals surface area (Å²) in [7, 11) is 0. The second-order valence-corrected chi connectivity index (χ2v) is 2.49. The molecule has 0 aromatic carbocycles. The van der Waals surface area contributed by atoms with E-state index in [1.54, 1.807) is 0 Å². The molecule has 0 aliphatic carbocycles. The van der Waals surface area contributed by atoms with Gasteiger partial charge in [-0.3, -0.25) is 4.99 Å². The SMILES string of the molecule is CCC1CCC=NC1O. The zero-order valence-electron chi connectivity index (χ0n) is 5.75. The van der Waals surface area contributed by atoms with Crippen molar-refractivity contribution in [2.75, 3.05) is 0 Å². The third-order valence-corrected chi connectivity index (χ3v) is 1.87. The summed E-state index contributed by atoms with van der Waals surface area (Å²) in [5.74, 6) is 0.412. The van der Waals surface area contributed by atoms with Gasteiger partial charge in [-0.2, -0.15) is 0 Å². The van der Waals surface area contributed by atoms with Crippen LogP contribution in [0.4, 0.5) is 0 Å². The zero-order chi connectivity index (χ0) is 6.69. The van der Waals surface area contributed by atoms with E-state index in [-0.39, 0.29) is 0 Å². The van der Waals surface area contributed by atoms with Crippen LogP contribution >= 0.6 is 0 Å². The average Bonchev–Trinajstić information content (AvgIpc) is 1.89. The Morgan fingerprint density at radius 2 is 2.56 bits per heavy atom. The van der Waals surface area contributed by atoms with E-state index in [2.05, 4.69) is 11.9 Å². The van der Waals surface area contributed by atoms with E-state index in [1.807, 2.05) is 6.21 Å². The van der Waals surface area contributed by atoms with E-state index in [0.29, 0.717) is 5.92 Å². The number of nitrogens with zero attached hydrogens (tertiary/aromatic N) is 1. The molecular formula is C7H13NO. The minimum atomic E-state index is -0.413. The molecular weight excluding hydrogens is 114 g/mol. The summed E-state index contributed by atoms with van der Waals surface area (Å²) < 4.78 is 0. The molecule has 2 heteroatoms. The minimum Gasteiger partial charge on any atom is -0.372 e. The highest BCUT2D eigenvalue weighted by molar-refractivity contribution is 5.58. The van der Waals surface area contributed by atoms with Gasteiger partial charge in [-0.05, 0) is 19.3 Å². The van der Waals surface area contributed by atoms with E-state index < -0.39 is 6.23 Å². The van der Waals surface area contributed by atoms with Crippen molar-refractivity contribution in [2.45, 2.75) is 32.4 Å². The van der Waals surface area contributed by atoms with Crippen molar-refractivity contribution < 1.29 is 5.11 Å². The van der Waals surface area contributed by atoms with Crippen molar-refractivity contribution in [3.8, 4) is 0 Å². The molecule has 9 heavy (non-hydrogen) atoms. The Balaban J connectivity index is 2.44. The number of hydrogen-bond acceptors (Lipinski definition) is 2. The molecule has 0 amide bonds. The lowest BCUT2D eigenvalue weighted by atomic mass is 9.97. The van der Waals surface area contributed by atoms with Crippen LogP contribution in [0.1, 0.15) is 26.2 Å². The van der Waals surface area contributed by atoms with Crippen LogP contribution in [0.15, 0.2) is 4.99 Å². The largest absolute Gasteiger partial charge is 0.372 e. The Morgan fingerprint density at radius 1 is 1.78 bits per heavy atom. The van der Waals surface area contributed by atoms with Gasteiger partial charge in [0.25, 0.3) is 0 Å². The molecule has 2 unspecified atom stereocenters. The number of aliphatic hydroxyl groups excluding tert-OH is 1. The molecule has 0 aromatic rings. The summed E-state index contributed by atoms with van der Waals surface area (Å²) in [5.41, 5.74) is 0. The Morgan fingerprint density at radius 3 is 3.00 bits per heavy atom. The van der Waals surface area contributed by atoms with Gasteiger partial charge in [0.2, 0.25) is 0 Å². The van der Waals surface area contributed by atoms with Gasteiger partial charge in [-0.1, -0.05) is 6.92 Å².